The summed E-state index contributed by atoms with van der Waals surface area (Å²) in [6.07, 6.45) is 0.730. The summed E-state index contributed by atoms with van der Waals surface area (Å²) in [4.78, 5) is 14.7. The van der Waals surface area contributed by atoms with Crippen molar-refractivity contribution in [1.82, 2.24) is 10.2 Å². The van der Waals surface area contributed by atoms with Crippen molar-refractivity contribution in [2.45, 2.75) is 57.7 Å². The molecule has 1 aromatic rings. The minimum absolute atomic E-state index is 0.00614. The fourth-order valence-corrected chi connectivity index (χ4v) is 3.39. The highest BCUT2D eigenvalue weighted by Gasteiger charge is 2.29. The molecule has 0 bridgehead atoms. The predicted octanol–water partition coefficient (Wildman–Crippen LogP) is 3.95. The van der Waals surface area contributed by atoms with Crippen molar-refractivity contribution >= 4 is 5.91 Å². The number of methoxy groups -OCH3 is 1. The molecule has 1 saturated heterocycles. The van der Waals surface area contributed by atoms with E-state index in [0.717, 1.165) is 38.0 Å². The van der Waals surface area contributed by atoms with Crippen molar-refractivity contribution in [1.29, 1.82) is 0 Å². The Morgan fingerprint density at radius 1 is 1.24 bits per heavy atom. The zero-order valence-corrected chi connectivity index (χ0v) is 17.2. The van der Waals surface area contributed by atoms with E-state index in [0.29, 0.717) is 12.8 Å². The number of nitrogens with one attached hydrogen (secondary N) is 1. The van der Waals surface area contributed by atoms with Gasteiger partial charge in [-0.2, -0.15) is 13.2 Å². The second kappa shape index (κ2) is 11.3. The Hall–Kier alpha value is -1.96. The summed E-state index contributed by atoms with van der Waals surface area (Å²) in [6, 6.07) is 4.94. The number of alkyl halides is 3. The first-order chi connectivity index (χ1) is 13.8. The number of carbonyl (C=O) groups is 1. The van der Waals surface area contributed by atoms with Gasteiger partial charge in [0.1, 0.15) is 0 Å². The van der Waals surface area contributed by atoms with E-state index in [1.807, 2.05) is 0 Å². The van der Waals surface area contributed by atoms with E-state index in [9.17, 15) is 18.0 Å². The number of hydrogen-bond acceptors (Lipinski definition) is 4. The molecule has 0 saturated carbocycles. The highest BCUT2D eigenvalue weighted by molar-refractivity contribution is 5.76. The van der Waals surface area contributed by atoms with Gasteiger partial charge in [0.2, 0.25) is 5.91 Å². The number of carbonyl (C=O) groups excluding carboxylic acids is 1. The largest absolute Gasteiger partial charge is 0.493 e. The summed E-state index contributed by atoms with van der Waals surface area (Å²) in [6.45, 7) is 3.97. The number of aryl methyl sites for hydroxylation is 1. The Bertz CT molecular complexity index is 645. The van der Waals surface area contributed by atoms with E-state index in [4.69, 9.17) is 9.47 Å². The molecule has 8 heteroatoms. The quantitative estimate of drug-likeness (QED) is 0.628. The molecule has 0 spiro atoms. The maximum Gasteiger partial charge on any atom is 0.422 e. The standard InChI is InChI=1S/C21H31F3N2O3/c1-3-4-11-26-12-9-17(10-13-26)25-20(27)8-6-16-5-7-18(19(14-16)28-2)29-15-21(22,23)24/h5,7,14,17H,3-4,6,8-13,15H2,1-2H3,(H,25,27). The van der Waals surface area contributed by atoms with Crippen LogP contribution in [0.5, 0.6) is 11.5 Å². The minimum Gasteiger partial charge on any atom is -0.493 e. The molecule has 0 radical (unpaired) electrons. The Labute approximate surface area is 170 Å². The maximum absolute atomic E-state index is 12.3. The summed E-state index contributed by atoms with van der Waals surface area (Å²) >= 11 is 0. The number of hydrogen-bond donors (Lipinski definition) is 1. The second-order valence-corrected chi connectivity index (χ2v) is 7.43. The van der Waals surface area contributed by atoms with Crippen LogP contribution in [0.2, 0.25) is 0 Å². The molecule has 1 amide bonds. The van der Waals surface area contributed by atoms with E-state index in [1.165, 1.54) is 26.0 Å². The van der Waals surface area contributed by atoms with Gasteiger partial charge in [0.25, 0.3) is 0 Å². The zero-order valence-electron chi connectivity index (χ0n) is 17.2. The zero-order chi connectivity index (χ0) is 21.3. The molecular weight excluding hydrogens is 385 g/mol. The number of amides is 1. The Balaban J connectivity index is 1.77. The van der Waals surface area contributed by atoms with E-state index in [2.05, 4.69) is 17.1 Å². The lowest BCUT2D eigenvalue weighted by Crippen LogP contribution is -2.44. The predicted molar refractivity (Wildman–Crippen MR) is 105 cm³/mol. The SMILES string of the molecule is CCCCN1CCC(NC(=O)CCc2ccc(OCC(F)(F)F)c(OC)c2)CC1. The minimum atomic E-state index is -4.41. The lowest BCUT2D eigenvalue weighted by atomic mass is 10.0. The average molecular weight is 416 g/mol. The van der Waals surface area contributed by atoms with Gasteiger partial charge in [0.05, 0.1) is 7.11 Å². The van der Waals surface area contributed by atoms with Crippen LogP contribution in [0.1, 0.15) is 44.6 Å². The topological polar surface area (TPSA) is 50.8 Å². The third-order valence-electron chi connectivity index (χ3n) is 5.04. The molecule has 0 unspecified atom stereocenters. The number of halogens is 3. The molecule has 0 atom stereocenters. The Kier molecular flexibility index (Phi) is 9.07. The number of piperidine rings is 1. The number of rotatable bonds is 10. The summed E-state index contributed by atoms with van der Waals surface area (Å²) in [5, 5.41) is 3.10. The number of likely N-dealkylation sites (tertiary alicyclic amines) is 1. The van der Waals surface area contributed by atoms with E-state index in [-0.39, 0.29) is 23.4 Å². The van der Waals surface area contributed by atoms with Crippen LogP contribution in [0.15, 0.2) is 18.2 Å². The number of unbranched alkanes of at least 4 members (excludes halogenated alkanes) is 1. The Morgan fingerprint density at radius 2 is 1.97 bits per heavy atom. The van der Waals surface area contributed by atoms with Crippen molar-refractivity contribution in [3.63, 3.8) is 0 Å². The first-order valence-corrected chi connectivity index (χ1v) is 10.2. The van der Waals surface area contributed by atoms with Gasteiger partial charge in [-0.05, 0) is 49.9 Å². The molecule has 164 valence electrons. The van der Waals surface area contributed by atoms with Crippen molar-refractivity contribution < 1.29 is 27.4 Å². The highest BCUT2D eigenvalue weighted by atomic mass is 19.4. The van der Waals surface area contributed by atoms with Crippen molar-refractivity contribution in [3.8, 4) is 11.5 Å². The van der Waals surface area contributed by atoms with Crippen LogP contribution < -0.4 is 14.8 Å². The number of benzene rings is 1. The van der Waals surface area contributed by atoms with Crippen molar-refractivity contribution in [3.05, 3.63) is 23.8 Å². The van der Waals surface area contributed by atoms with E-state index >= 15 is 0 Å². The monoisotopic (exact) mass is 416 g/mol. The second-order valence-electron chi connectivity index (χ2n) is 7.43. The van der Waals surface area contributed by atoms with Crippen LogP contribution in [0.3, 0.4) is 0 Å². The first-order valence-electron chi connectivity index (χ1n) is 10.2. The van der Waals surface area contributed by atoms with Gasteiger partial charge < -0.3 is 19.7 Å². The first kappa shape index (κ1) is 23.3. The van der Waals surface area contributed by atoms with E-state index < -0.39 is 12.8 Å². The van der Waals surface area contributed by atoms with E-state index in [1.54, 1.807) is 12.1 Å². The van der Waals surface area contributed by atoms with Crippen LogP contribution in [0.4, 0.5) is 13.2 Å². The molecule has 29 heavy (non-hydrogen) atoms. The van der Waals surface area contributed by atoms with Crippen LogP contribution in [0, 0.1) is 0 Å². The molecule has 1 aliphatic rings. The molecular formula is C21H31F3N2O3. The third kappa shape index (κ3) is 8.51. The number of ether oxygens (including phenoxy) is 2. The smallest absolute Gasteiger partial charge is 0.422 e. The average Bonchev–Trinajstić information content (AvgIpc) is 2.69. The van der Waals surface area contributed by atoms with Gasteiger partial charge in [0, 0.05) is 25.6 Å². The molecule has 1 heterocycles. The number of nitrogens with zero attached hydrogens (tertiary/aromatic N) is 1. The van der Waals surface area contributed by atoms with Gasteiger partial charge >= 0.3 is 6.18 Å². The molecule has 1 N–H and O–H groups in total. The van der Waals surface area contributed by atoms with Crippen molar-refractivity contribution in [2.24, 2.45) is 0 Å². The van der Waals surface area contributed by atoms with Crippen LogP contribution >= 0.6 is 0 Å². The molecule has 0 aliphatic carbocycles. The Morgan fingerprint density at radius 3 is 2.59 bits per heavy atom. The van der Waals surface area contributed by atoms with Gasteiger partial charge in [-0.15, -0.1) is 0 Å². The van der Waals surface area contributed by atoms with Crippen LogP contribution in [0.25, 0.3) is 0 Å². The van der Waals surface area contributed by atoms with Gasteiger partial charge in [-0.1, -0.05) is 19.4 Å². The molecule has 1 aliphatic heterocycles. The van der Waals surface area contributed by atoms with Crippen LogP contribution in [-0.2, 0) is 11.2 Å². The summed E-state index contributed by atoms with van der Waals surface area (Å²) < 4.78 is 46.9. The van der Waals surface area contributed by atoms with Gasteiger partial charge in [0.15, 0.2) is 18.1 Å². The fourth-order valence-electron chi connectivity index (χ4n) is 3.39. The molecule has 2 rings (SSSR count). The third-order valence-corrected chi connectivity index (χ3v) is 5.04. The van der Waals surface area contributed by atoms with Gasteiger partial charge in [-0.3, -0.25) is 4.79 Å². The lowest BCUT2D eigenvalue weighted by Gasteiger charge is -2.32. The lowest BCUT2D eigenvalue weighted by molar-refractivity contribution is -0.153. The fraction of sp³-hybridized carbons (Fsp3) is 0.667. The van der Waals surface area contributed by atoms with Gasteiger partial charge in [-0.25, -0.2) is 0 Å². The molecule has 1 aromatic carbocycles. The summed E-state index contributed by atoms with van der Waals surface area (Å²) in [7, 11) is 1.37. The highest BCUT2D eigenvalue weighted by Crippen LogP contribution is 2.30. The van der Waals surface area contributed by atoms with Crippen molar-refractivity contribution in [2.75, 3.05) is 33.4 Å². The summed E-state index contributed by atoms with van der Waals surface area (Å²) in [5.74, 6) is 0.257. The normalized spacial score (nSPS) is 15.9. The molecule has 1 fully saturated rings. The summed E-state index contributed by atoms with van der Waals surface area (Å²) in [5.41, 5.74) is 0.811. The molecule has 0 aromatic heterocycles. The maximum atomic E-state index is 12.3. The molecule has 5 nitrogen and oxygen atoms in total. The van der Waals surface area contributed by atoms with Crippen LogP contribution in [-0.4, -0.2) is 56.4 Å².